The predicted octanol–water partition coefficient (Wildman–Crippen LogP) is 2.58. The molecule has 0 saturated heterocycles. The van der Waals surface area contributed by atoms with Crippen molar-refractivity contribution < 1.29 is 9.32 Å². The molecule has 0 unspecified atom stereocenters. The first-order chi connectivity index (χ1) is 8.72. The van der Waals surface area contributed by atoms with E-state index in [1.54, 1.807) is 18.3 Å². The van der Waals surface area contributed by atoms with Gasteiger partial charge in [-0.25, -0.2) is 0 Å². The lowest BCUT2D eigenvalue weighted by atomic mass is 10.1. The zero-order chi connectivity index (χ0) is 13.0. The molecule has 0 aliphatic carbocycles. The molecular weight excluding hydrogens is 248 g/mol. The van der Waals surface area contributed by atoms with Crippen LogP contribution in [0.5, 0.6) is 0 Å². The first-order valence-corrected chi connectivity index (χ1v) is 6.86. The highest BCUT2D eigenvalue weighted by Gasteiger charge is 2.18. The van der Waals surface area contributed by atoms with E-state index in [-0.39, 0.29) is 5.91 Å². The molecular formula is C13H16N2O2S. The number of amides is 1. The van der Waals surface area contributed by atoms with Gasteiger partial charge in [-0.05, 0) is 24.8 Å². The first kappa shape index (κ1) is 12.8. The molecule has 2 aromatic rings. The maximum atomic E-state index is 12.0. The van der Waals surface area contributed by atoms with Crippen LogP contribution in [0.4, 0.5) is 0 Å². The third kappa shape index (κ3) is 2.79. The van der Waals surface area contributed by atoms with Crippen molar-refractivity contribution in [3.63, 3.8) is 0 Å². The minimum Gasteiger partial charge on any atom is -0.360 e. The summed E-state index contributed by atoms with van der Waals surface area (Å²) < 4.78 is 5.11. The standard InChI is InChI=1S/C13H16N2O2S/c1-3-11-12(9(2)15-17-11)13(16)14-7-6-10-5-4-8-18-10/h4-5,8H,3,6-7H2,1-2H3,(H,14,16). The summed E-state index contributed by atoms with van der Waals surface area (Å²) >= 11 is 1.70. The molecule has 5 heteroatoms. The molecule has 0 saturated carbocycles. The molecule has 96 valence electrons. The van der Waals surface area contributed by atoms with Gasteiger partial charge in [0, 0.05) is 17.8 Å². The number of carbonyl (C=O) groups is 1. The van der Waals surface area contributed by atoms with Crippen molar-refractivity contribution in [3.05, 3.63) is 39.4 Å². The third-order valence-electron chi connectivity index (χ3n) is 2.72. The van der Waals surface area contributed by atoms with E-state index in [0.717, 1.165) is 6.42 Å². The van der Waals surface area contributed by atoms with Crippen molar-refractivity contribution in [2.45, 2.75) is 26.7 Å². The van der Waals surface area contributed by atoms with Crippen molar-refractivity contribution in [2.24, 2.45) is 0 Å². The number of thiophene rings is 1. The van der Waals surface area contributed by atoms with Gasteiger partial charge in [-0.2, -0.15) is 0 Å². The minimum atomic E-state index is -0.0952. The van der Waals surface area contributed by atoms with Crippen LogP contribution in [-0.2, 0) is 12.8 Å². The summed E-state index contributed by atoms with van der Waals surface area (Å²) in [6, 6.07) is 4.08. The molecule has 0 aromatic carbocycles. The Morgan fingerprint density at radius 3 is 3.06 bits per heavy atom. The van der Waals surface area contributed by atoms with E-state index in [9.17, 15) is 4.79 Å². The molecule has 1 N–H and O–H groups in total. The van der Waals surface area contributed by atoms with E-state index in [2.05, 4.69) is 16.5 Å². The lowest BCUT2D eigenvalue weighted by Gasteiger charge is -2.04. The molecule has 0 aliphatic heterocycles. The van der Waals surface area contributed by atoms with E-state index in [0.29, 0.717) is 30.0 Å². The fourth-order valence-corrected chi connectivity index (χ4v) is 2.50. The number of hydrogen-bond acceptors (Lipinski definition) is 4. The van der Waals surface area contributed by atoms with Crippen molar-refractivity contribution in [1.29, 1.82) is 0 Å². The monoisotopic (exact) mass is 264 g/mol. The molecule has 0 aliphatic rings. The van der Waals surface area contributed by atoms with Crippen molar-refractivity contribution >= 4 is 17.2 Å². The average molecular weight is 264 g/mol. The number of hydrogen-bond donors (Lipinski definition) is 1. The van der Waals surface area contributed by atoms with E-state index in [1.807, 2.05) is 18.4 Å². The van der Waals surface area contributed by atoms with Gasteiger partial charge in [0.25, 0.3) is 5.91 Å². The van der Waals surface area contributed by atoms with Gasteiger partial charge in [0.2, 0.25) is 0 Å². The highest BCUT2D eigenvalue weighted by molar-refractivity contribution is 7.09. The molecule has 18 heavy (non-hydrogen) atoms. The summed E-state index contributed by atoms with van der Waals surface area (Å²) in [7, 11) is 0. The molecule has 2 heterocycles. The van der Waals surface area contributed by atoms with Gasteiger partial charge in [-0.15, -0.1) is 11.3 Å². The number of aryl methyl sites for hydroxylation is 2. The Labute approximate surface area is 110 Å². The van der Waals surface area contributed by atoms with Crippen LogP contribution in [0.25, 0.3) is 0 Å². The van der Waals surface area contributed by atoms with Crippen LogP contribution in [-0.4, -0.2) is 17.6 Å². The summed E-state index contributed by atoms with van der Waals surface area (Å²) in [5.74, 6) is 0.559. The molecule has 0 spiro atoms. The molecule has 0 radical (unpaired) electrons. The number of nitrogens with zero attached hydrogens (tertiary/aromatic N) is 1. The summed E-state index contributed by atoms with van der Waals surface area (Å²) in [6.07, 6.45) is 1.53. The second-order valence-corrected chi connectivity index (χ2v) is 5.04. The first-order valence-electron chi connectivity index (χ1n) is 5.98. The summed E-state index contributed by atoms with van der Waals surface area (Å²) in [5.41, 5.74) is 1.24. The smallest absolute Gasteiger partial charge is 0.256 e. The van der Waals surface area contributed by atoms with Gasteiger partial charge in [-0.3, -0.25) is 4.79 Å². The highest BCUT2D eigenvalue weighted by Crippen LogP contribution is 2.14. The molecule has 0 fully saturated rings. The Bertz CT molecular complexity index is 517. The molecule has 2 aromatic heterocycles. The van der Waals surface area contributed by atoms with Crippen LogP contribution in [0, 0.1) is 6.92 Å². The van der Waals surface area contributed by atoms with Gasteiger partial charge in [0.05, 0.1) is 5.69 Å². The number of rotatable bonds is 5. The van der Waals surface area contributed by atoms with Crippen molar-refractivity contribution in [3.8, 4) is 0 Å². The lowest BCUT2D eigenvalue weighted by molar-refractivity contribution is 0.0951. The van der Waals surface area contributed by atoms with Gasteiger partial charge >= 0.3 is 0 Å². The largest absolute Gasteiger partial charge is 0.360 e. The van der Waals surface area contributed by atoms with E-state index >= 15 is 0 Å². The summed E-state index contributed by atoms with van der Waals surface area (Å²) in [4.78, 5) is 13.3. The van der Waals surface area contributed by atoms with Crippen LogP contribution in [0.3, 0.4) is 0 Å². The molecule has 4 nitrogen and oxygen atoms in total. The van der Waals surface area contributed by atoms with E-state index < -0.39 is 0 Å². The summed E-state index contributed by atoms with van der Waals surface area (Å²) in [6.45, 7) is 4.37. The molecule has 2 rings (SSSR count). The van der Waals surface area contributed by atoms with E-state index in [1.165, 1.54) is 4.88 Å². The number of aromatic nitrogens is 1. The highest BCUT2D eigenvalue weighted by atomic mass is 32.1. The van der Waals surface area contributed by atoms with Crippen LogP contribution >= 0.6 is 11.3 Å². The van der Waals surface area contributed by atoms with Crippen LogP contribution in [0.15, 0.2) is 22.0 Å². The number of nitrogens with one attached hydrogen (secondary N) is 1. The normalized spacial score (nSPS) is 10.6. The lowest BCUT2D eigenvalue weighted by Crippen LogP contribution is -2.26. The fourth-order valence-electron chi connectivity index (χ4n) is 1.79. The Morgan fingerprint density at radius 1 is 1.56 bits per heavy atom. The molecule has 0 bridgehead atoms. The SMILES string of the molecule is CCc1onc(C)c1C(=O)NCCc1cccs1. The van der Waals surface area contributed by atoms with Crippen LogP contribution in [0.2, 0.25) is 0 Å². The zero-order valence-corrected chi connectivity index (χ0v) is 11.3. The van der Waals surface area contributed by atoms with Crippen LogP contribution in [0.1, 0.15) is 33.6 Å². The second-order valence-electron chi connectivity index (χ2n) is 4.00. The average Bonchev–Trinajstić information content (AvgIpc) is 2.98. The van der Waals surface area contributed by atoms with Crippen LogP contribution < -0.4 is 5.32 Å². The third-order valence-corrected chi connectivity index (χ3v) is 3.65. The number of carbonyl (C=O) groups excluding carboxylic acids is 1. The minimum absolute atomic E-state index is 0.0952. The van der Waals surface area contributed by atoms with Gasteiger partial charge in [0.1, 0.15) is 11.3 Å². The van der Waals surface area contributed by atoms with Gasteiger partial charge < -0.3 is 9.84 Å². The quantitative estimate of drug-likeness (QED) is 0.903. The Balaban J connectivity index is 1.93. The Kier molecular flexibility index (Phi) is 4.15. The zero-order valence-electron chi connectivity index (χ0n) is 10.5. The molecule has 0 atom stereocenters. The fraction of sp³-hybridized carbons (Fsp3) is 0.385. The molecule has 1 amide bonds. The predicted molar refractivity (Wildman–Crippen MR) is 71.0 cm³/mol. The maximum absolute atomic E-state index is 12.0. The Morgan fingerprint density at radius 2 is 2.39 bits per heavy atom. The Hall–Kier alpha value is -1.62. The van der Waals surface area contributed by atoms with Gasteiger partial charge in [0.15, 0.2) is 0 Å². The van der Waals surface area contributed by atoms with Crippen molar-refractivity contribution in [1.82, 2.24) is 10.5 Å². The summed E-state index contributed by atoms with van der Waals surface area (Å²) in [5, 5.41) is 8.78. The maximum Gasteiger partial charge on any atom is 0.256 e. The van der Waals surface area contributed by atoms with Gasteiger partial charge in [-0.1, -0.05) is 18.1 Å². The second kappa shape index (κ2) is 5.82. The topological polar surface area (TPSA) is 55.1 Å². The van der Waals surface area contributed by atoms with E-state index in [4.69, 9.17) is 4.52 Å². The van der Waals surface area contributed by atoms with Crippen molar-refractivity contribution in [2.75, 3.05) is 6.54 Å².